The zero-order valence-corrected chi connectivity index (χ0v) is 21.1. The number of hydrogen-bond donors (Lipinski definition) is 1. The number of hydrogen-bond acceptors (Lipinski definition) is 6. The monoisotopic (exact) mass is 514 g/mol. The minimum absolute atomic E-state index is 0. The van der Waals surface area contributed by atoms with Gasteiger partial charge >= 0.3 is 0 Å². The van der Waals surface area contributed by atoms with Crippen molar-refractivity contribution in [2.24, 2.45) is 0 Å². The normalized spacial score (nSPS) is 15.4. The van der Waals surface area contributed by atoms with E-state index in [1.807, 2.05) is 54.6 Å². The highest BCUT2D eigenvalue weighted by Crippen LogP contribution is 2.30. The second-order valence-electron chi connectivity index (χ2n) is 8.43. The summed E-state index contributed by atoms with van der Waals surface area (Å²) in [5.41, 5.74) is 1.79. The first-order valence-corrected chi connectivity index (χ1v) is 11.8. The van der Waals surface area contributed by atoms with Crippen molar-refractivity contribution >= 4 is 18.7 Å². The van der Waals surface area contributed by atoms with Crippen LogP contribution in [-0.2, 0) is 28.2 Å². The third-order valence-electron chi connectivity index (χ3n) is 6.21. The van der Waals surface area contributed by atoms with Crippen LogP contribution in [0, 0.1) is 5.82 Å². The number of carbonyl (C=O) groups excluding carboxylic acids is 1. The van der Waals surface area contributed by atoms with Gasteiger partial charge < -0.3 is 14.2 Å². The molecule has 0 bridgehead atoms. The van der Waals surface area contributed by atoms with Crippen molar-refractivity contribution in [1.82, 2.24) is 10.2 Å². The van der Waals surface area contributed by atoms with E-state index in [1.54, 1.807) is 13.2 Å². The van der Waals surface area contributed by atoms with Gasteiger partial charge in [-0.05, 0) is 47.4 Å². The molecule has 1 fully saturated rings. The fraction of sp³-hybridized carbons (Fsp3) is 0.321. The molecule has 6 nitrogen and oxygen atoms in total. The average Bonchev–Trinajstić information content (AvgIpc) is 2.91. The van der Waals surface area contributed by atoms with Gasteiger partial charge in [-0.1, -0.05) is 48.5 Å². The minimum atomic E-state index is -0.914. The second-order valence-corrected chi connectivity index (χ2v) is 8.43. The summed E-state index contributed by atoms with van der Waals surface area (Å²) in [6.45, 7) is 3.36. The predicted molar refractivity (Wildman–Crippen MR) is 139 cm³/mol. The number of nitrogens with zero attached hydrogens (tertiary/aromatic N) is 1. The van der Waals surface area contributed by atoms with E-state index in [2.05, 4.69) is 10.2 Å². The van der Waals surface area contributed by atoms with E-state index in [9.17, 15) is 9.18 Å². The molecule has 1 heterocycles. The van der Waals surface area contributed by atoms with Crippen LogP contribution in [0.25, 0.3) is 0 Å². The molecule has 36 heavy (non-hydrogen) atoms. The van der Waals surface area contributed by atoms with Crippen LogP contribution in [0.5, 0.6) is 11.5 Å². The first-order valence-electron chi connectivity index (χ1n) is 11.8. The maximum Gasteiger partial charge on any atom is 0.161 e. The number of methoxy groups -OCH3 is 1. The number of benzene rings is 3. The Kier molecular flexibility index (Phi) is 10.3. The summed E-state index contributed by atoms with van der Waals surface area (Å²) in [6.07, 6.45) is 1.69. The van der Waals surface area contributed by atoms with Crippen molar-refractivity contribution in [3.05, 3.63) is 95.3 Å². The smallest absolute Gasteiger partial charge is 0.161 e. The lowest BCUT2D eigenvalue weighted by atomic mass is 9.97. The standard InChI is InChI=1S/C28H31FN2O4.ClH/c1-33-27-19-22(10-11-26(27)35-20-23-6-5-9-25(29)18-23)12-13-30-28(21-32,24-7-3-2-4-8-24)31-14-16-34-17-15-31;/h2-11,18-19,21,30H,12-17,20H2,1H3;1H. The number of halogens is 2. The van der Waals surface area contributed by atoms with Crippen LogP contribution in [0.3, 0.4) is 0 Å². The lowest BCUT2D eigenvalue weighted by Crippen LogP contribution is -2.60. The summed E-state index contributed by atoms with van der Waals surface area (Å²) in [4.78, 5) is 14.7. The molecule has 1 atom stereocenters. The van der Waals surface area contributed by atoms with Gasteiger partial charge in [-0.2, -0.15) is 0 Å². The fourth-order valence-corrected chi connectivity index (χ4v) is 4.36. The number of ether oxygens (including phenoxy) is 3. The second kappa shape index (κ2) is 13.4. The fourth-order valence-electron chi connectivity index (χ4n) is 4.36. The summed E-state index contributed by atoms with van der Waals surface area (Å²) >= 11 is 0. The molecule has 0 amide bonds. The van der Waals surface area contributed by atoms with Gasteiger partial charge in [0.05, 0.1) is 20.3 Å². The van der Waals surface area contributed by atoms with E-state index in [4.69, 9.17) is 14.2 Å². The number of nitrogens with one attached hydrogen (secondary N) is 1. The number of aldehydes is 1. The van der Waals surface area contributed by atoms with E-state index < -0.39 is 5.66 Å². The largest absolute Gasteiger partial charge is 0.493 e. The Bertz CT molecular complexity index is 1110. The molecule has 4 rings (SSSR count). The summed E-state index contributed by atoms with van der Waals surface area (Å²) in [7, 11) is 1.59. The van der Waals surface area contributed by atoms with Crippen LogP contribution in [0.4, 0.5) is 4.39 Å². The Morgan fingerprint density at radius 1 is 1.00 bits per heavy atom. The molecule has 192 valence electrons. The highest BCUT2D eigenvalue weighted by molar-refractivity contribution is 5.85. The molecule has 0 saturated carbocycles. The van der Waals surface area contributed by atoms with E-state index in [0.717, 1.165) is 23.0 Å². The molecular formula is C28H32ClFN2O4. The molecule has 0 aromatic heterocycles. The molecule has 0 spiro atoms. The van der Waals surface area contributed by atoms with E-state index >= 15 is 0 Å². The molecule has 1 aliphatic rings. The maximum absolute atomic E-state index is 13.4. The molecule has 1 saturated heterocycles. The topological polar surface area (TPSA) is 60.0 Å². The zero-order valence-electron chi connectivity index (χ0n) is 20.3. The van der Waals surface area contributed by atoms with E-state index in [-0.39, 0.29) is 24.8 Å². The summed E-state index contributed by atoms with van der Waals surface area (Å²) in [6, 6.07) is 21.9. The Morgan fingerprint density at radius 3 is 2.47 bits per heavy atom. The molecule has 1 unspecified atom stereocenters. The van der Waals surface area contributed by atoms with Crippen molar-refractivity contribution < 1.29 is 23.4 Å². The highest BCUT2D eigenvalue weighted by atomic mass is 35.5. The van der Waals surface area contributed by atoms with Gasteiger partial charge in [0.2, 0.25) is 0 Å². The molecule has 1 N–H and O–H groups in total. The van der Waals surface area contributed by atoms with Crippen molar-refractivity contribution in [3.63, 3.8) is 0 Å². The average molecular weight is 515 g/mol. The van der Waals surface area contributed by atoms with Crippen molar-refractivity contribution in [1.29, 1.82) is 0 Å². The first kappa shape index (κ1) is 27.6. The zero-order chi connectivity index (χ0) is 24.5. The summed E-state index contributed by atoms with van der Waals surface area (Å²) in [5, 5.41) is 3.52. The van der Waals surface area contributed by atoms with Crippen LogP contribution >= 0.6 is 12.4 Å². The Morgan fingerprint density at radius 2 is 1.78 bits per heavy atom. The quantitative estimate of drug-likeness (QED) is 0.384. The molecule has 0 radical (unpaired) electrons. The predicted octanol–water partition coefficient (Wildman–Crippen LogP) is 4.35. The Labute approximate surface area is 217 Å². The molecule has 8 heteroatoms. The lowest BCUT2D eigenvalue weighted by Gasteiger charge is -2.43. The lowest BCUT2D eigenvalue weighted by molar-refractivity contribution is -0.126. The highest BCUT2D eigenvalue weighted by Gasteiger charge is 2.38. The third-order valence-corrected chi connectivity index (χ3v) is 6.21. The third kappa shape index (κ3) is 6.62. The molecule has 1 aliphatic heterocycles. The van der Waals surface area contributed by atoms with Crippen molar-refractivity contribution in [2.45, 2.75) is 18.7 Å². The van der Waals surface area contributed by atoms with Crippen LogP contribution in [0.15, 0.2) is 72.8 Å². The van der Waals surface area contributed by atoms with Crippen LogP contribution in [0.2, 0.25) is 0 Å². The molecule has 3 aromatic rings. The Balaban J connectivity index is 0.00000361. The van der Waals surface area contributed by atoms with Gasteiger partial charge in [-0.3, -0.25) is 15.0 Å². The summed E-state index contributed by atoms with van der Waals surface area (Å²) < 4.78 is 30.3. The Hall–Kier alpha value is -2.97. The maximum atomic E-state index is 13.4. The van der Waals surface area contributed by atoms with Crippen LogP contribution in [-0.4, -0.2) is 51.1 Å². The van der Waals surface area contributed by atoms with Gasteiger partial charge in [0, 0.05) is 19.6 Å². The molecular weight excluding hydrogens is 483 g/mol. The number of rotatable bonds is 11. The van der Waals surface area contributed by atoms with Crippen molar-refractivity contribution in [2.75, 3.05) is 40.0 Å². The van der Waals surface area contributed by atoms with Gasteiger partial charge in [0.25, 0.3) is 0 Å². The van der Waals surface area contributed by atoms with Crippen molar-refractivity contribution in [3.8, 4) is 11.5 Å². The number of morpholine rings is 1. The molecule has 0 aliphatic carbocycles. The van der Waals surface area contributed by atoms with E-state index in [0.29, 0.717) is 50.8 Å². The van der Waals surface area contributed by atoms with Crippen LogP contribution in [0.1, 0.15) is 16.7 Å². The SMILES string of the molecule is COc1cc(CCNC(C=O)(c2ccccc2)N2CCOCC2)ccc1OCc1cccc(F)c1.Cl. The molecule has 3 aromatic carbocycles. The van der Waals surface area contributed by atoms with Gasteiger partial charge in [-0.15, -0.1) is 12.4 Å². The van der Waals surface area contributed by atoms with E-state index in [1.165, 1.54) is 12.1 Å². The summed E-state index contributed by atoms with van der Waals surface area (Å²) in [5.74, 6) is 0.907. The number of carbonyl (C=O) groups is 1. The van der Waals surface area contributed by atoms with Gasteiger partial charge in [0.15, 0.2) is 23.4 Å². The van der Waals surface area contributed by atoms with Gasteiger partial charge in [0.1, 0.15) is 12.4 Å². The van der Waals surface area contributed by atoms with Gasteiger partial charge in [-0.25, -0.2) is 4.39 Å². The minimum Gasteiger partial charge on any atom is -0.493 e. The first-order chi connectivity index (χ1) is 17.1. The van der Waals surface area contributed by atoms with Crippen LogP contribution < -0.4 is 14.8 Å².